The van der Waals surface area contributed by atoms with E-state index in [1.54, 1.807) is 24.3 Å². The Hall–Kier alpha value is -4.05. The van der Waals surface area contributed by atoms with Crippen molar-refractivity contribution in [3.8, 4) is 0 Å². The minimum atomic E-state index is -0.537. The molecule has 0 atom stereocenters. The average molecular weight is 452 g/mol. The summed E-state index contributed by atoms with van der Waals surface area (Å²) in [5, 5.41) is 16.6. The summed E-state index contributed by atoms with van der Waals surface area (Å²) in [6.07, 6.45) is -0.0559. The minimum Gasteiger partial charge on any atom is -0.377 e. The van der Waals surface area contributed by atoms with E-state index in [1.165, 1.54) is 31.2 Å². The number of nitro groups is 1. The molecule has 2 N–H and O–H groups in total. The summed E-state index contributed by atoms with van der Waals surface area (Å²) in [6.45, 7) is 5.35. The van der Waals surface area contributed by atoms with Crippen LogP contribution in [0.25, 0.3) is 5.57 Å². The molecular weight excluding hydrogens is 428 g/mol. The third-order valence-electron chi connectivity index (χ3n) is 4.78. The molecule has 10 nitrogen and oxygen atoms in total. The van der Waals surface area contributed by atoms with Crippen molar-refractivity contribution in [3.05, 3.63) is 69.9 Å². The minimum absolute atomic E-state index is 0.0559. The predicted molar refractivity (Wildman–Crippen MR) is 122 cm³/mol. The lowest BCUT2D eigenvalue weighted by Crippen LogP contribution is -2.35. The van der Waals surface area contributed by atoms with Gasteiger partial charge in [0.05, 0.1) is 29.8 Å². The van der Waals surface area contributed by atoms with Crippen LogP contribution in [0.2, 0.25) is 0 Å². The van der Waals surface area contributed by atoms with E-state index in [2.05, 4.69) is 10.6 Å². The van der Waals surface area contributed by atoms with Gasteiger partial charge in [0, 0.05) is 30.4 Å². The number of hydrogen-bond donors (Lipinski definition) is 2. The molecule has 2 aromatic carbocycles. The molecule has 1 aliphatic rings. The van der Waals surface area contributed by atoms with Crippen LogP contribution in [0.3, 0.4) is 0 Å². The van der Waals surface area contributed by atoms with Crippen LogP contribution in [0.1, 0.15) is 26.3 Å². The Morgan fingerprint density at radius 2 is 1.64 bits per heavy atom. The molecular formula is C23H24N4O6. The standard InChI is InChI=1S/C23H24N4O6/c1-14(2)33-13-12-26-22(29)20(16-4-10-19(11-5-16)27(31)32)21(23(26)30)25-18-8-6-17(7-9-18)24-15(3)28/h4-11,14,25H,12-13H2,1-3H3,(H,24,28). The topological polar surface area (TPSA) is 131 Å². The molecule has 3 amide bonds. The normalized spacial score (nSPS) is 13.6. The Kier molecular flexibility index (Phi) is 7.19. The van der Waals surface area contributed by atoms with Gasteiger partial charge in [-0.3, -0.25) is 29.4 Å². The van der Waals surface area contributed by atoms with Crippen molar-refractivity contribution in [2.75, 3.05) is 23.8 Å². The van der Waals surface area contributed by atoms with Gasteiger partial charge in [-0.15, -0.1) is 0 Å². The zero-order chi connectivity index (χ0) is 24.1. The third kappa shape index (κ3) is 5.60. The number of non-ortho nitro benzene ring substituents is 1. The molecule has 0 spiro atoms. The van der Waals surface area contributed by atoms with Crippen molar-refractivity contribution in [1.29, 1.82) is 0 Å². The lowest BCUT2D eigenvalue weighted by Gasteiger charge is -2.16. The van der Waals surface area contributed by atoms with E-state index in [0.717, 1.165) is 4.90 Å². The second kappa shape index (κ2) is 10.0. The van der Waals surface area contributed by atoms with Crippen molar-refractivity contribution < 1.29 is 24.0 Å². The molecule has 172 valence electrons. The van der Waals surface area contributed by atoms with E-state index < -0.39 is 16.7 Å². The van der Waals surface area contributed by atoms with Gasteiger partial charge in [-0.2, -0.15) is 0 Å². The van der Waals surface area contributed by atoms with Gasteiger partial charge in [-0.25, -0.2) is 0 Å². The van der Waals surface area contributed by atoms with Crippen LogP contribution < -0.4 is 10.6 Å². The SMILES string of the molecule is CC(=O)Nc1ccc(NC2=C(c3ccc([N+](=O)[O-])cc3)C(=O)N(CCOC(C)C)C2=O)cc1. The second-order valence-corrected chi connectivity index (χ2v) is 7.62. The van der Waals surface area contributed by atoms with Crippen molar-refractivity contribution >= 4 is 40.4 Å². The lowest BCUT2D eigenvalue weighted by atomic mass is 10.0. The summed E-state index contributed by atoms with van der Waals surface area (Å²) in [6, 6.07) is 12.1. The van der Waals surface area contributed by atoms with Gasteiger partial charge in [0.1, 0.15) is 5.70 Å². The highest BCUT2D eigenvalue weighted by Crippen LogP contribution is 2.31. The molecule has 0 bridgehead atoms. The number of nitro benzene ring substituents is 1. The van der Waals surface area contributed by atoms with Gasteiger partial charge in [-0.1, -0.05) is 0 Å². The van der Waals surface area contributed by atoms with Gasteiger partial charge in [0.2, 0.25) is 5.91 Å². The fraction of sp³-hybridized carbons (Fsp3) is 0.261. The molecule has 0 aliphatic carbocycles. The molecule has 0 fully saturated rings. The van der Waals surface area contributed by atoms with Crippen molar-refractivity contribution in [2.45, 2.75) is 26.9 Å². The maximum atomic E-state index is 13.2. The Morgan fingerprint density at radius 3 is 2.18 bits per heavy atom. The third-order valence-corrected chi connectivity index (χ3v) is 4.78. The van der Waals surface area contributed by atoms with Crippen molar-refractivity contribution in [1.82, 2.24) is 4.90 Å². The second-order valence-electron chi connectivity index (χ2n) is 7.62. The molecule has 0 unspecified atom stereocenters. The molecule has 0 aromatic heterocycles. The predicted octanol–water partition coefficient (Wildman–Crippen LogP) is 3.17. The van der Waals surface area contributed by atoms with Crippen LogP contribution in [-0.2, 0) is 19.1 Å². The van der Waals surface area contributed by atoms with Gasteiger partial charge in [0.15, 0.2) is 0 Å². The first-order valence-electron chi connectivity index (χ1n) is 10.3. The summed E-state index contributed by atoms with van der Waals surface area (Å²) < 4.78 is 5.49. The molecule has 33 heavy (non-hydrogen) atoms. The van der Waals surface area contributed by atoms with E-state index in [4.69, 9.17) is 4.74 Å². The van der Waals surface area contributed by atoms with E-state index in [1.807, 2.05) is 13.8 Å². The number of imide groups is 1. The van der Waals surface area contributed by atoms with E-state index >= 15 is 0 Å². The maximum Gasteiger partial charge on any atom is 0.278 e. The van der Waals surface area contributed by atoms with Gasteiger partial charge in [-0.05, 0) is 55.8 Å². The van der Waals surface area contributed by atoms with E-state index in [-0.39, 0.29) is 42.1 Å². The summed E-state index contributed by atoms with van der Waals surface area (Å²) in [5.74, 6) is -1.25. The largest absolute Gasteiger partial charge is 0.377 e. The Morgan fingerprint density at radius 1 is 1.03 bits per heavy atom. The molecule has 1 aliphatic heterocycles. The van der Waals surface area contributed by atoms with Crippen LogP contribution in [0.15, 0.2) is 54.2 Å². The first-order chi connectivity index (χ1) is 15.7. The Balaban J connectivity index is 1.94. The van der Waals surface area contributed by atoms with Gasteiger partial charge >= 0.3 is 0 Å². The zero-order valence-corrected chi connectivity index (χ0v) is 18.5. The van der Waals surface area contributed by atoms with Crippen molar-refractivity contribution in [2.24, 2.45) is 0 Å². The summed E-state index contributed by atoms with van der Waals surface area (Å²) in [4.78, 5) is 49.0. The van der Waals surface area contributed by atoms with E-state index in [9.17, 15) is 24.5 Å². The highest BCUT2D eigenvalue weighted by Gasteiger charge is 2.39. The first kappa shape index (κ1) is 23.6. The highest BCUT2D eigenvalue weighted by molar-refractivity contribution is 6.36. The van der Waals surface area contributed by atoms with Crippen LogP contribution >= 0.6 is 0 Å². The Labute approximate surface area is 190 Å². The Bertz CT molecular complexity index is 1110. The number of anilines is 2. The quantitative estimate of drug-likeness (QED) is 0.339. The number of rotatable bonds is 9. The molecule has 1 heterocycles. The monoisotopic (exact) mass is 452 g/mol. The van der Waals surface area contributed by atoms with Crippen LogP contribution in [0, 0.1) is 10.1 Å². The zero-order valence-electron chi connectivity index (χ0n) is 18.5. The molecule has 0 saturated carbocycles. The number of carbonyl (C=O) groups excluding carboxylic acids is 3. The molecule has 3 rings (SSSR count). The van der Waals surface area contributed by atoms with Crippen LogP contribution in [0.4, 0.5) is 17.1 Å². The molecule has 0 saturated heterocycles. The number of carbonyl (C=O) groups is 3. The fourth-order valence-corrected chi connectivity index (χ4v) is 3.28. The maximum absolute atomic E-state index is 13.2. The molecule has 10 heteroatoms. The number of benzene rings is 2. The first-order valence-corrected chi connectivity index (χ1v) is 10.3. The van der Waals surface area contributed by atoms with Crippen molar-refractivity contribution in [3.63, 3.8) is 0 Å². The number of amides is 3. The lowest BCUT2D eigenvalue weighted by molar-refractivity contribution is -0.384. The van der Waals surface area contributed by atoms with Crippen LogP contribution in [-0.4, -0.2) is 46.8 Å². The number of hydrogen-bond acceptors (Lipinski definition) is 7. The summed E-state index contributed by atoms with van der Waals surface area (Å²) in [5.41, 5.74) is 1.54. The summed E-state index contributed by atoms with van der Waals surface area (Å²) in [7, 11) is 0. The highest BCUT2D eigenvalue weighted by atomic mass is 16.6. The van der Waals surface area contributed by atoms with Gasteiger partial charge in [0.25, 0.3) is 17.5 Å². The number of nitrogens with one attached hydrogen (secondary N) is 2. The molecule has 0 radical (unpaired) electrons. The van der Waals surface area contributed by atoms with Gasteiger partial charge < -0.3 is 15.4 Å². The smallest absolute Gasteiger partial charge is 0.278 e. The molecule has 2 aromatic rings. The number of nitrogens with zero attached hydrogens (tertiary/aromatic N) is 2. The van der Waals surface area contributed by atoms with Crippen LogP contribution in [0.5, 0.6) is 0 Å². The van der Waals surface area contributed by atoms with E-state index in [0.29, 0.717) is 16.9 Å². The average Bonchev–Trinajstić information content (AvgIpc) is 2.98. The number of ether oxygens (including phenoxy) is 1. The summed E-state index contributed by atoms with van der Waals surface area (Å²) >= 11 is 0. The fourth-order valence-electron chi connectivity index (χ4n) is 3.28.